The average Bonchev–Trinajstić information content (AvgIpc) is 3.29. The minimum atomic E-state index is 0.523. The molecule has 1 aliphatic heterocycles. The van der Waals surface area contributed by atoms with Crippen molar-refractivity contribution in [3.63, 3.8) is 0 Å². The predicted molar refractivity (Wildman–Crippen MR) is 136 cm³/mol. The van der Waals surface area contributed by atoms with Gasteiger partial charge in [-0.15, -0.1) is 0 Å². The summed E-state index contributed by atoms with van der Waals surface area (Å²) in [6, 6.07) is 18.3. The van der Waals surface area contributed by atoms with Crippen LogP contribution in [0.5, 0.6) is 0 Å². The molecule has 4 aromatic rings. The Morgan fingerprint density at radius 1 is 1.00 bits per heavy atom. The Morgan fingerprint density at radius 2 is 1.82 bits per heavy atom. The number of nitrogens with one attached hydrogen (secondary N) is 2. The summed E-state index contributed by atoms with van der Waals surface area (Å²) in [6.45, 7) is 5.18. The monoisotopic (exact) mass is 458 g/mol. The zero-order valence-electron chi connectivity index (χ0n) is 19.6. The molecule has 2 aromatic carbocycles. The van der Waals surface area contributed by atoms with E-state index in [1.807, 2.05) is 61.1 Å². The molecule has 3 heterocycles. The number of benzene rings is 2. The number of morpholine rings is 1. The normalized spacial score (nSPS) is 14.3. The molecule has 2 aromatic heterocycles. The van der Waals surface area contributed by atoms with Crippen molar-refractivity contribution >= 4 is 34.3 Å². The van der Waals surface area contributed by atoms with Crippen LogP contribution in [-0.4, -0.2) is 77.9 Å². The number of hydrogen-bond acceptors (Lipinski definition) is 8. The highest BCUT2D eigenvalue weighted by Crippen LogP contribution is 2.26. The Bertz CT molecular complexity index is 1230. The van der Waals surface area contributed by atoms with Gasteiger partial charge in [0.15, 0.2) is 17.0 Å². The van der Waals surface area contributed by atoms with Gasteiger partial charge >= 0.3 is 0 Å². The van der Waals surface area contributed by atoms with Crippen LogP contribution < -0.4 is 15.5 Å². The predicted octanol–water partition coefficient (Wildman–Crippen LogP) is 3.37. The summed E-state index contributed by atoms with van der Waals surface area (Å²) in [6.07, 6.45) is 1.80. The maximum atomic E-state index is 5.46. The molecule has 1 saturated heterocycles. The van der Waals surface area contributed by atoms with Crippen molar-refractivity contribution < 1.29 is 4.74 Å². The molecule has 0 saturated carbocycles. The van der Waals surface area contributed by atoms with Gasteiger partial charge in [-0.1, -0.05) is 24.3 Å². The van der Waals surface area contributed by atoms with E-state index in [1.165, 1.54) is 0 Å². The zero-order chi connectivity index (χ0) is 23.3. The molecule has 1 fully saturated rings. The molecule has 0 aliphatic carbocycles. The number of nitrogens with zero attached hydrogens (tertiary/aromatic N) is 6. The molecule has 5 rings (SSSR count). The number of hydrogen-bond donors (Lipinski definition) is 2. The Kier molecular flexibility index (Phi) is 6.55. The fourth-order valence-corrected chi connectivity index (χ4v) is 4.00. The van der Waals surface area contributed by atoms with Crippen LogP contribution in [0.1, 0.15) is 0 Å². The topological polar surface area (TPSA) is 83.4 Å². The number of para-hydroxylation sites is 1. The number of fused-ring (bicyclic) bond motifs is 1. The maximum absolute atomic E-state index is 5.46. The first-order chi connectivity index (χ1) is 16.7. The van der Waals surface area contributed by atoms with E-state index in [-0.39, 0.29) is 0 Å². The van der Waals surface area contributed by atoms with Crippen molar-refractivity contribution in [2.45, 2.75) is 0 Å². The molecule has 0 amide bonds. The van der Waals surface area contributed by atoms with Crippen LogP contribution in [0.4, 0.5) is 23.1 Å². The van der Waals surface area contributed by atoms with Gasteiger partial charge in [0.05, 0.1) is 13.2 Å². The van der Waals surface area contributed by atoms with Gasteiger partial charge in [0.2, 0.25) is 5.95 Å². The summed E-state index contributed by atoms with van der Waals surface area (Å²) >= 11 is 0. The molecule has 0 radical (unpaired) electrons. The van der Waals surface area contributed by atoms with Gasteiger partial charge in [0, 0.05) is 57.3 Å². The molecule has 2 N–H and O–H groups in total. The first-order valence-electron chi connectivity index (χ1n) is 11.6. The lowest BCUT2D eigenvalue weighted by Gasteiger charge is -2.26. The van der Waals surface area contributed by atoms with Crippen LogP contribution in [0.25, 0.3) is 16.9 Å². The summed E-state index contributed by atoms with van der Waals surface area (Å²) in [5.41, 5.74) is 4.53. The van der Waals surface area contributed by atoms with Crippen molar-refractivity contribution in [1.29, 1.82) is 0 Å². The molecule has 1 aliphatic rings. The standard InChI is InChI=1S/C25H30N8O/c1-31(2)21-10-6-7-19(17-21)28-25-29-23(26-11-12-32-13-15-34-16-14-32)22-24(30-25)33(18-27-22)20-8-4-3-5-9-20/h3-10,17-18H,11-16H2,1-2H3,(H2,26,28,29,30). The number of anilines is 4. The van der Waals surface area contributed by atoms with Crippen molar-refractivity contribution in [1.82, 2.24) is 24.4 Å². The lowest BCUT2D eigenvalue weighted by Crippen LogP contribution is -2.39. The summed E-state index contributed by atoms with van der Waals surface area (Å²) < 4.78 is 7.45. The van der Waals surface area contributed by atoms with Gasteiger partial charge in [0.25, 0.3) is 0 Å². The van der Waals surface area contributed by atoms with Crippen LogP contribution in [0.3, 0.4) is 0 Å². The smallest absolute Gasteiger partial charge is 0.231 e. The van der Waals surface area contributed by atoms with Crippen LogP contribution in [-0.2, 0) is 4.74 Å². The SMILES string of the molecule is CN(C)c1cccc(Nc2nc(NCCN3CCOCC3)c3ncn(-c4ccccc4)c3n2)c1. The van der Waals surface area contributed by atoms with Gasteiger partial charge in [-0.05, 0) is 30.3 Å². The Hall–Kier alpha value is -3.69. The summed E-state index contributed by atoms with van der Waals surface area (Å²) in [7, 11) is 4.05. The van der Waals surface area contributed by atoms with Crippen molar-refractivity contribution in [2.24, 2.45) is 0 Å². The highest BCUT2D eigenvalue weighted by molar-refractivity contribution is 5.86. The van der Waals surface area contributed by atoms with Gasteiger partial charge < -0.3 is 20.3 Å². The molecule has 34 heavy (non-hydrogen) atoms. The number of imidazole rings is 1. The molecular formula is C25H30N8O. The Labute approximate surface area is 199 Å². The average molecular weight is 459 g/mol. The van der Waals surface area contributed by atoms with E-state index in [9.17, 15) is 0 Å². The van der Waals surface area contributed by atoms with E-state index in [2.05, 4.69) is 37.6 Å². The maximum Gasteiger partial charge on any atom is 0.231 e. The third-order valence-electron chi connectivity index (χ3n) is 5.87. The van der Waals surface area contributed by atoms with Crippen LogP contribution in [0.15, 0.2) is 60.9 Å². The molecular weight excluding hydrogens is 428 g/mol. The third kappa shape index (κ3) is 4.95. The van der Waals surface area contributed by atoms with E-state index >= 15 is 0 Å². The van der Waals surface area contributed by atoms with Crippen LogP contribution in [0.2, 0.25) is 0 Å². The van der Waals surface area contributed by atoms with Gasteiger partial charge in [-0.25, -0.2) is 4.98 Å². The van der Waals surface area contributed by atoms with Crippen LogP contribution >= 0.6 is 0 Å². The minimum Gasteiger partial charge on any atom is -0.379 e. The van der Waals surface area contributed by atoms with Crippen LogP contribution in [0, 0.1) is 0 Å². The largest absolute Gasteiger partial charge is 0.379 e. The fraction of sp³-hybridized carbons (Fsp3) is 0.320. The van der Waals surface area contributed by atoms with Crippen molar-refractivity contribution in [3.8, 4) is 5.69 Å². The fourth-order valence-electron chi connectivity index (χ4n) is 4.00. The molecule has 0 bridgehead atoms. The first kappa shape index (κ1) is 22.1. The molecule has 0 atom stereocenters. The third-order valence-corrected chi connectivity index (χ3v) is 5.87. The molecule has 9 heteroatoms. The lowest BCUT2D eigenvalue weighted by atomic mass is 10.2. The summed E-state index contributed by atoms with van der Waals surface area (Å²) in [4.78, 5) is 18.7. The quantitative estimate of drug-likeness (QED) is 0.416. The first-order valence-corrected chi connectivity index (χ1v) is 11.6. The zero-order valence-corrected chi connectivity index (χ0v) is 19.6. The van der Waals surface area contributed by atoms with E-state index in [0.29, 0.717) is 5.95 Å². The second-order valence-electron chi connectivity index (χ2n) is 8.47. The van der Waals surface area contributed by atoms with E-state index in [0.717, 1.165) is 73.4 Å². The lowest BCUT2D eigenvalue weighted by molar-refractivity contribution is 0.0398. The highest BCUT2D eigenvalue weighted by atomic mass is 16.5. The number of rotatable bonds is 8. The van der Waals surface area contributed by atoms with E-state index in [1.54, 1.807) is 6.33 Å². The molecule has 9 nitrogen and oxygen atoms in total. The second-order valence-corrected chi connectivity index (χ2v) is 8.47. The van der Waals surface area contributed by atoms with E-state index in [4.69, 9.17) is 14.7 Å². The number of aromatic nitrogens is 4. The summed E-state index contributed by atoms with van der Waals surface area (Å²) in [5.74, 6) is 1.24. The number of ether oxygens (including phenoxy) is 1. The Morgan fingerprint density at radius 3 is 2.62 bits per heavy atom. The Balaban J connectivity index is 1.46. The van der Waals surface area contributed by atoms with Gasteiger partial charge in [-0.3, -0.25) is 9.47 Å². The van der Waals surface area contributed by atoms with Gasteiger partial charge in [-0.2, -0.15) is 9.97 Å². The van der Waals surface area contributed by atoms with E-state index < -0.39 is 0 Å². The molecule has 176 valence electrons. The highest BCUT2D eigenvalue weighted by Gasteiger charge is 2.16. The minimum absolute atomic E-state index is 0.523. The summed E-state index contributed by atoms with van der Waals surface area (Å²) in [5, 5.41) is 6.88. The van der Waals surface area contributed by atoms with Crippen molar-refractivity contribution in [3.05, 3.63) is 60.9 Å². The molecule has 0 unspecified atom stereocenters. The molecule has 0 spiro atoms. The van der Waals surface area contributed by atoms with Gasteiger partial charge in [0.1, 0.15) is 6.33 Å². The second kappa shape index (κ2) is 10.1. The van der Waals surface area contributed by atoms with Crippen molar-refractivity contribution in [2.75, 3.05) is 69.0 Å².